The Morgan fingerprint density at radius 3 is 2.31 bits per heavy atom. The lowest BCUT2D eigenvalue weighted by molar-refractivity contribution is -0.137. The van der Waals surface area contributed by atoms with Crippen LogP contribution >= 0.6 is 35.0 Å². The second-order valence-corrected chi connectivity index (χ2v) is 11.7. The Labute approximate surface area is 256 Å². The first kappa shape index (κ1) is 30.3. The molecule has 2 heterocycles. The van der Waals surface area contributed by atoms with Crippen molar-refractivity contribution in [2.45, 2.75) is 30.6 Å². The molecular formula is C30H28Cl2F3N5OS. The molecule has 0 saturated carbocycles. The lowest BCUT2D eigenvalue weighted by Crippen LogP contribution is -2.48. The smallest absolute Gasteiger partial charge is 0.368 e. The number of carbonyl (C=O) groups excluding carboxylic acids is 1. The third-order valence-corrected chi connectivity index (χ3v) is 8.77. The lowest BCUT2D eigenvalue weighted by Gasteiger charge is -2.36. The zero-order valence-electron chi connectivity index (χ0n) is 22.5. The van der Waals surface area contributed by atoms with Crippen molar-refractivity contribution in [2.24, 2.45) is 0 Å². The molecule has 1 aromatic heterocycles. The number of piperazine rings is 1. The Morgan fingerprint density at radius 2 is 1.60 bits per heavy atom. The number of hydrogen-bond donors (Lipinski definition) is 0. The van der Waals surface area contributed by atoms with Crippen molar-refractivity contribution in [3.05, 3.63) is 88.4 Å². The largest absolute Gasteiger partial charge is 0.416 e. The fourth-order valence-corrected chi connectivity index (χ4v) is 6.03. The highest BCUT2D eigenvalue weighted by atomic mass is 35.5. The Morgan fingerprint density at radius 1 is 0.833 bits per heavy atom. The van der Waals surface area contributed by atoms with E-state index in [-0.39, 0.29) is 5.91 Å². The van der Waals surface area contributed by atoms with E-state index in [1.807, 2.05) is 45.9 Å². The molecule has 5 rings (SSSR count). The van der Waals surface area contributed by atoms with Crippen molar-refractivity contribution >= 4 is 46.6 Å². The Kier molecular flexibility index (Phi) is 9.65. The van der Waals surface area contributed by atoms with Gasteiger partial charge in [0, 0.05) is 49.6 Å². The van der Waals surface area contributed by atoms with Crippen molar-refractivity contribution in [2.75, 3.05) is 36.8 Å². The fourth-order valence-electron chi connectivity index (χ4n) is 4.79. The Bertz CT molecular complexity index is 1530. The number of amides is 1. The summed E-state index contributed by atoms with van der Waals surface area (Å²) in [7, 11) is 0. The molecule has 3 aromatic carbocycles. The third kappa shape index (κ3) is 7.22. The average Bonchev–Trinajstić information content (AvgIpc) is 3.42. The van der Waals surface area contributed by atoms with Gasteiger partial charge in [-0.3, -0.25) is 9.36 Å². The first-order chi connectivity index (χ1) is 20.2. The number of alkyl halides is 3. The number of nitrogens with zero attached hydrogens (tertiary/aromatic N) is 5. The number of rotatable bonds is 9. The molecule has 220 valence electrons. The first-order valence-electron chi connectivity index (χ1n) is 13.5. The lowest BCUT2D eigenvalue weighted by atomic mass is 10.1. The Hall–Kier alpha value is -3.21. The quantitative estimate of drug-likeness (QED) is 0.139. The number of halogens is 5. The van der Waals surface area contributed by atoms with E-state index in [0.717, 1.165) is 29.5 Å². The van der Waals surface area contributed by atoms with E-state index in [1.54, 1.807) is 34.9 Å². The summed E-state index contributed by atoms with van der Waals surface area (Å²) >= 11 is 14.0. The molecular weight excluding hydrogens is 606 g/mol. The van der Waals surface area contributed by atoms with E-state index in [1.165, 1.54) is 12.1 Å². The van der Waals surface area contributed by atoms with Gasteiger partial charge in [-0.1, -0.05) is 71.4 Å². The van der Waals surface area contributed by atoms with Gasteiger partial charge in [0.2, 0.25) is 5.91 Å². The van der Waals surface area contributed by atoms with Gasteiger partial charge in [-0.15, -0.1) is 10.2 Å². The minimum Gasteiger partial charge on any atom is -0.368 e. The average molecular weight is 635 g/mol. The summed E-state index contributed by atoms with van der Waals surface area (Å²) in [5.74, 6) is 1.50. The van der Waals surface area contributed by atoms with Crippen LogP contribution in [0.15, 0.2) is 78.0 Å². The molecule has 1 fully saturated rings. The van der Waals surface area contributed by atoms with E-state index in [2.05, 4.69) is 10.2 Å². The van der Waals surface area contributed by atoms with Crippen LogP contribution < -0.4 is 4.90 Å². The normalized spacial score (nSPS) is 13.9. The molecule has 0 radical (unpaired) electrons. The molecule has 4 aromatic rings. The number of anilines is 1. The maximum atomic E-state index is 13.1. The molecule has 1 aliphatic heterocycles. The number of carbonyl (C=O) groups is 1. The van der Waals surface area contributed by atoms with Gasteiger partial charge >= 0.3 is 6.18 Å². The molecule has 0 bridgehead atoms. The van der Waals surface area contributed by atoms with E-state index in [0.29, 0.717) is 65.7 Å². The molecule has 0 N–H and O–H groups in total. The van der Waals surface area contributed by atoms with Gasteiger partial charge in [0.1, 0.15) is 0 Å². The van der Waals surface area contributed by atoms with Crippen molar-refractivity contribution in [1.29, 1.82) is 0 Å². The topological polar surface area (TPSA) is 54.3 Å². The summed E-state index contributed by atoms with van der Waals surface area (Å²) in [4.78, 5) is 16.5. The number of hydrogen-bond acceptors (Lipinski definition) is 5. The zero-order valence-corrected chi connectivity index (χ0v) is 24.9. The summed E-state index contributed by atoms with van der Waals surface area (Å²) < 4.78 is 41.2. The van der Waals surface area contributed by atoms with Crippen LogP contribution in [0, 0.1) is 0 Å². The van der Waals surface area contributed by atoms with Crippen LogP contribution in [0.3, 0.4) is 0 Å². The van der Waals surface area contributed by atoms with E-state index in [4.69, 9.17) is 23.2 Å². The van der Waals surface area contributed by atoms with Crippen molar-refractivity contribution in [3.8, 4) is 17.1 Å². The minimum atomic E-state index is -4.38. The zero-order chi connectivity index (χ0) is 29.7. The molecule has 1 saturated heterocycles. The minimum absolute atomic E-state index is 0.0639. The van der Waals surface area contributed by atoms with Gasteiger partial charge in [-0.25, -0.2) is 0 Å². The standard InChI is InChI=1S/C30H28Cl2F3N5OS/c31-25-13-12-24(20-26(25)32)40-28(21-7-2-1-3-8-21)36-37-29(40)42-18-5-4-11-27(41)39-16-14-38(15-17-39)23-10-6-9-22(19-23)30(33,34)35/h1-3,6-10,12-13,19-20H,4-5,11,14-18H2. The molecule has 0 spiro atoms. The predicted molar refractivity (Wildman–Crippen MR) is 162 cm³/mol. The van der Waals surface area contributed by atoms with Crippen molar-refractivity contribution in [3.63, 3.8) is 0 Å². The second kappa shape index (κ2) is 13.4. The van der Waals surface area contributed by atoms with E-state index < -0.39 is 11.7 Å². The third-order valence-electron chi connectivity index (χ3n) is 7.01. The summed E-state index contributed by atoms with van der Waals surface area (Å²) in [5, 5.41) is 10.5. The number of aromatic nitrogens is 3. The summed E-state index contributed by atoms with van der Waals surface area (Å²) in [6, 6.07) is 20.5. The van der Waals surface area contributed by atoms with Crippen molar-refractivity contribution < 1.29 is 18.0 Å². The summed E-state index contributed by atoms with van der Waals surface area (Å²) in [6.07, 6.45) is -2.45. The Balaban J connectivity index is 1.13. The molecule has 42 heavy (non-hydrogen) atoms. The highest BCUT2D eigenvalue weighted by Crippen LogP contribution is 2.33. The van der Waals surface area contributed by atoms with E-state index in [9.17, 15) is 18.0 Å². The highest BCUT2D eigenvalue weighted by molar-refractivity contribution is 7.99. The maximum absolute atomic E-state index is 13.1. The van der Waals surface area contributed by atoms with E-state index >= 15 is 0 Å². The van der Waals surface area contributed by atoms with Gasteiger partial charge in [0.25, 0.3) is 0 Å². The van der Waals surface area contributed by atoms with Crippen LogP contribution in [-0.2, 0) is 11.0 Å². The van der Waals surface area contributed by atoms with Gasteiger partial charge in [0.05, 0.1) is 21.3 Å². The monoisotopic (exact) mass is 633 g/mol. The molecule has 1 amide bonds. The maximum Gasteiger partial charge on any atom is 0.416 e. The highest BCUT2D eigenvalue weighted by Gasteiger charge is 2.31. The van der Waals surface area contributed by atoms with Gasteiger partial charge in [-0.05, 0) is 49.2 Å². The molecule has 0 aliphatic carbocycles. The van der Waals surface area contributed by atoms with Crippen LogP contribution in [0.1, 0.15) is 24.8 Å². The SMILES string of the molecule is O=C(CCCCSc1nnc(-c2ccccc2)n1-c1ccc(Cl)c(Cl)c1)N1CCN(c2cccc(C(F)(F)F)c2)CC1. The summed E-state index contributed by atoms with van der Waals surface area (Å²) in [5.41, 5.74) is 1.58. The number of thioether (sulfide) groups is 1. The van der Waals surface area contributed by atoms with Gasteiger partial charge in [-0.2, -0.15) is 13.2 Å². The molecule has 0 atom stereocenters. The van der Waals surface area contributed by atoms with Gasteiger partial charge < -0.3 is 9.80 Å². The molecule has 1 aliphatic rings. The predicted octanol–water partition coefficient (Wildman–Crippen LogP) is 7.87. The first-order valence-corrected chi connectivity index (χ1v) is 15.2. The van der Waals surface area contributed by atoms with Crippen LogP contribution in [0.25, 0.3) is 17.1 Å². The van der Waals surface area contributed by atoms with Gasteiger partial charge in [0.15, 0.2) is 11.0 Å². The van der Waals surface area contributed by atoms with Crippen LogP contribution in [0.4, 0.5) is 18.9 Å². The van der Waals surface area contributed by atoms with Crippen LogP contribution in [0.2, 0.25) is 10.0 Å². The fraction of sp³-hybridized carbons (Fsp3) is 0.300. The molecule has 6 nitrogen and oxygen atoms in total. The van der Waals surface area contributed by atoms with Crippen molar-refractivity contribution in [1.82, 2.24) is 19.7 Å². The van der Waals surface area contributed by atoms with Crippen LogP contribution in [-0.4, -0.2) is 57.5 Å². The number of benzene rings is 3. The van der Waals surface area contributed by atoms with Crippen LogP contribution in [0.5, 0.6) is 0 Å². The summed E-state index contributed by atoms with van der Waals surface area (Å²) in [6.45, 7) is 1.96. The molecule has 12 heteroatoms. The second-order valence-electron chi connectivity index (χ2n) is 9.83. The molecule has 0 unspecified atom stereocenters. The number of unbranched alkanes of at least 4 members (excludes halogenated alkanes) is 1.